The van der Waals surface area contributed by atoms with Crippen molar-refractivity contribution in [1.29, 1.82) is 0 Å². The first kappa shape index (κ1) is 11.5. The van der Waals surface area contributed by atoms with Crippen LogP contribution in [0.1, 0.15) is 34.5 Å². The lowest BCUT2D eigenvalue weighted by molar-refractivity contribution is -0.254. The van der Waals surface area contributed by atoms with Crippen molar-refractivity contribution in [3.63, 3.8) is 0 Å². The van der Waals surface area contributed by atoms with E-state index in [9.17, 15) is 9.90 Å². The van der Waals surface area contributed by atoms with Crippen LogP contribution >= 0.6 is 11.6 Å². The minimum atomic E-state index is -1.14. The Balaban J connectivity index is 2.41. The topological polar surface area (TPSA) is 53.0 Å². The first-order valence-electron chi connectivity index (χ1n) is 5.99. The van der Waals surface area contributed by atoms with Crippen LogP contribution in [0.15, 0.2) is 18.2 Å². The maximum Gasteiger partial charge on any atom is 0.0725 e. The monoisotopic (exact) mass is 260 g/mol. The minimum Gasteiger partial charge on any atom is -0.545 e. The van der Waals surface area contributed by atoms with E-state index in [0.717, 1.165) is 36.9 Å². The van der Waals surface area contributed by atoms with E-state index < -0.39 is 5.97 Å². The zero-order valence-electron chi connectivity index (χ0n) is 9.70. The van der Waals surface area contributed by atoms with Crippen LogP contribution in [0.4, 0.5) is 0 Å². The van der Waals surface area contributed by atoms with Crippen molar-refractivity contribution < 1.29 is 9.90 Å². The van der Waals surface area contributed by atoms with E-state index >= 15 is 0 Å². The highest BCUT2D eigenvalue weighted by Crippen LogP contribution is 2.30. The van der Waals surface area contributed by atoms with E-state index in [-0.39, 0.29) is 5.56 Å². The van der Waals surface area contributed by atoms with Crippen molar-refractivity contribution in [3.8, 4) is 0 Å². The molecule has 1 aromatic carbocycles. The number of nitrogens with zero attached hydrogens (tertiary/aromatic N) is 1. The first-order valence-corrected chi connectivity index (χ1v) is 6.37. The average molecular weight is 261 g/mol. The van der Waals surface area contributed by atoms with E-state index in [1.54, 1.807) is 18.2 Å². The molecule has 1 aliphatic rings. The van der Waals surface area contributed by atoms with Crippen molar-refractivity contribution >= 4 is 28.5 Å². The maximum absolute atomic E-state index is 11.4. The lowest BCUT2D eigenvalue weighted by Crippen LogP contribution is -2.26. The molecule has 2 aromatic rings. The lowest BCUT2D eigenvalue weighted by Gasteiger charge is -2.21. The van der Waals surface area contributed by atoms with Crippen LogP contribution in [-0.4, -0.2) is 11.0 Å². The number of fused-ring (bicyclic) bond motifs is 2. The molecule has 1 aromatic heterocycles. The smallest absolute Gasteiger partial charge is 0.0725 e. The Kier molecular flexibility index (Phi) is 2.71. The summed E-state index contributed by atoms with van der Waals surface area (Å²) in [6.45, 7) is 0. The van der Waals surface area contributed by atoms with Crippen molar-refractivity contribution in [3.05, 3.63) is 40.0 Å². The van der Waals surface area contributed by atoms with Gasteiger partial charge in [-0.1, -0.05) is 11.6 Å². The van der Waals surface area contributed by atoms with Crippen LogP contribution in [0.25, 0.3) is 10.9 Å². The van der Waals surface area contributed by atoms with Gasteiger partial charge in [-0.15, -0.1) is 0 Å². The highest BCUT2D eigenvalue weighted by molar-refractivity contribution is 6.31. The molecule has 3 rings (SSSR count). The van der Waals surface area contributed by atoms with Gasteiger partial charge in [-0.25, -0.2) is 0 Å². The summed E-state index contributed by atoms with van der Waals surface area (Å²) in [6.07, 6.45) is 3.66. The molecule has 0 N–H and O–H groups in total. The Labute approximate surface area is 109 Å². The predicted octanol–water partition coefficient (Wildman–Crippen LogP) is 2.13. The van der Waals surface area contributed by atoms with Gasteiger partial charge in [-0.3, -0.25) is 4.98 Å². The predicted molar refractivity (Wildman–Crippen MR) is 67.7 cm³/mol. The molecule has 0 atom stereocenters. The summed E-state index contributed by atoms with van der Waals surface area (Å²) < 4.78 is 0. The summed E-state index contributed by atoms with van der Waals surface area (Å²) in [4.78, 5) is 16.0. The van der Waals surface area contributed by atoms with E-state index in [2.05, 4.69) is 4.98 Å². The number of hydrogen-bond donors (Lipinski definition) is 0. The second kappa shape index (κ2) is 4.25. The van der Waals surface area contributed by atoms with Gasteiger partial charge in [-0.2, -0.15) is 0 Å². The Morgan fingerprint density at radius 2 is 2.06 bits per heavy atom. The summed E-state index contributed by atoms with van der Waals surface area (Å²) in [5, 5.41) is 12.5. The van der Waals surface area contributed by atoms with Gasteiger partial charge < -0.3 is 9.90 Å². The molecule has 92 valence electrons. The van der Waals surface area contributed by atoms with Gasteiger partial charge in [0.25, 0.3) is 0 Å². The molecule has 1 aliphatic carbocycles. The number of carboxylic acids is 1. The molecule has 1 heterocycles. The molecule has 0 spiro atoms. The third-order valence-corrected chi connectivity index (χ3v) is 3.66. The molecule has 0 bridgehead atoms. The highest BCUT2D eigenvalue weighted by atomic mass is 35.5. The fraction of sp³-hybridized carbons (Fsp3) is 0.286. The SMILES string of the molecule is O=C([O-])c1c2c(nc3ccc(Cl)cc13)CCCC2. The van der Waals surface area contributed by atoms with Gasteiger partial charge in [-0.05, 0) is 49.4 Å². The standard InChI is InChI=1S/C14H12ClNO2/c15-8-5-6-12-10(7-8)13(14(17)18)9-3-1-2-4-11(9)16-12/h5-7H,1-4H2,(H,17,18)/p-1. The molecule has 0 saturated carbocycles. The molecule has 0 saturated heterocycles. The number of aryl methyl sites for hydroxylation is 1. The van der Waals surface area contributed by atoms with Crippen LogP contribution < -0.4 is 5.11 Å². The summed E-state index contributed by atoms with van der Waals surface area (Å²) >= 11 is 5.94. The molecule has 0 unspecified atom stereocenters. The summed E-state index contributed by atoms with van der Waals surface area (Å²) in [5.41, 5.74) is 2.68. The quantitative estimate of drug-likeness (QED) is 0.789. The Hall–Kier alpha value is -1.61. The Bertz CT molecular complexity index is 652. The molecule has 18 heavy (non-hydrogen) atoms. The lowest BCUT2D eigenvalue weighted by atomic mass is 9.90. The third-order valence-electron chi connectivity index (χ3n) is 3.43. The van der Waals surface area contributed by atoms with Crippen LogP contribution in [0.3, 0.4) is 0 Å². The van der Waals surface area contributed by atoms with E-state index in [1.165, 1.54) is 0 Å². The number of hydrogen-bond acceptors (Lipinski definition) is 3. The number of aromatic nitrogens is 1. The normalized spacial score (nSPS) is 14.5. The van der Waals surface area contributed by atoms with Gasteiger partial charge >= 0.3 is 0 Å². The second-order valence-electron chi connectivity index (χ2n) is 4.57. The zero-order valence-corrected chi connectivity index (χ0v) is 10.5. The summed E-state index contributed by atoms with van der Waals surface area (Å²) in [5.74, 6) is -1.14. The summed E-state index contributed by atoms with van der Waals surface area (Å²) in [7, 11) is 0. The largest absolute Gasteiger partial charge is 0.545 e. The van der Waals surface area contributed by atoms with Crippen molar-refractivity contribution in [2.75, 3.05) is 0 Å². The number of benzene rings is 1. The Morgan fingerprint density at radius 3 is 2.83 bits per heavy atom. The highest BCUT2D eigenvalue weighted by Gasteiger charge is 2.18. The fourth-order valence-corrected chi connectivity index (χ4v) is 2.80. The molecule has 0 amide bonds. The molecule has 4 heteroatoms. The maximum atomic E-state index is 11.4. The van der Waals surface area contributed by atoms with E-state index in [0.29, 0.717) is 15.9 Å². The molecule has 0 fully saturated rings. The number of carbonyl (C=O) groups excluding carboxylic acids is 1. The second-order valence-corrected chi connectivity index (χ2v) is 5.00. The van der Waals surface area contributed by atoms with Crippen LogP contribution in [0, 0.1) is 0 Å². The Morgan fingerprint density at radius 1 is 1.28 bits per heavy atom. The van der Waals surface area contributed by atoms with Crippen molar-refractivity contribution in [1.82, 2.24) is 4.98 Å². The number of halogens is 1. The van der Waals surface area contributed by atoms with E-state index in [4.69, 9.17) is 11.6 Å². The van der Waals surface area contributed by atoms with Crippen molar-refractivity contribution in [2.45, 2.75) is 25.7 Å². The third kappa shape index (κ3) is 1.75. The summed E-state index contributed by atoms with van der Waals surface area (Å²) in [6, 6.07) is 5.15. The fourth-order valence-electron chi connectivity index (χ4n) is 2.63. The number of pyridine rings is 1. The molecular weight excluding hydrogens is 250 g/mol. The number of carbonyl (C=O) groups is 1. The van der Waals surface area contributed by atoms with Gasteiger partial charge in [0.05, 0.1) is 11.5 Å². The number of aromatic carboxylic acids is 1. The first-order chi connectivity index (χ1) is 8.66. The van der Waals surface area contributed by atoms with Crippen LogP contribution in [0.5, 0.6) is 0 Å². The van der Waals surface area contributed by atoms with Gasteiger partial charge in [0.2, 0.25) is 0 Å². The average Bonchev–Trinajstić information content (AvgIpc) is 2.35. The van der Waals surface area contributed by atoms with Gasteiger partial charge in [0.15, 0.2) is 0 Å². The van der Waals surface area contributed by atoms with Gasteiger partial charge in [0.1, 0.15) is 0 Å². The molecule has 0 radical (unpaired) electrons. The number of rotatable bonds is 1. The number of carboxylic acid groups (broad SMARTS) is 1. The molecule has 0 aliphatic heterocycles. The molecule has 3 nitrogen and oxygen atoms in total. The zero-order chi connectivity index (χ0) is 12.7. The molecular formula is C14H11ClNO2-. The van der Waals surface area contributed by atoms with E-state index in [1.807, 2.05) is 0 Å². The van der Waals surface area contributed by atoms with Gasteiger partial charge in [0, 0.05) is 21.7 Å². The minimum absolute atomic E-state index is 0.275. The van der Waals surface area contributed by atoms with Crippen molar-refractivity contribution in [2.24, 2.45) is 0 Å². The van der Waals surface area contributed by atoms with Crippen LogP contribution in [-0.2, 0) is 12.8 Å². The van der Waals surface area contributed by atoms with Crippen LogP contribution in [0.2, 0.25) is 5.02 Å².